The van der Waals surface area contributed by atoms with E-state index in [1.807, 2.05) is 37.3 Å². The van der Waals surface area contributed by atoms with Gasteiger partial charge in [-0.2, -0.15) is 0 Å². The molecule has 0 amide bonds. The zero-order valence-electron chi connectivity index (χ0n) is 8.00. The fourth-order valence-corrected chi connectivity index (χ4v) is 2.03. The highest BCUT2D eigenvalue weighted by Crippen LogP contribution is 2.36. The number of benzene rings is 1. The average Bonchev–Trinajstić information content (AvgIpc) is 2.14. The molecule has 0 saturated carbocycles. The van der Waals surface area contributed by atoms with Gasteiger partial charge < -0.3 is 14.7 Å². The van der Waals surface area contributed by atoms with Crippen molar-refractivity contribution in [2.75, 3.05) is 17.7 Å². The Bertz CT molecular complexity index is 322. The Hall–Kier alpha value is -0.830. The van der Waals surface area contributed by atoms with Crippen molar-refractivity contribution in [1.82, 2.24) is 0 Å². The van der Waals surface area contributed by atoms with Gasteiger partial charge in [0.2, 0.25) is 0 Å². The third-order valence-corrected chi connectivity index (χ3v) is 2.57. The Kier molecular flexibility index (Phi) is 3.69. The summed E-state index contributed by atoms with van der Waals surface area (Å²) in [7, 11) is -3.98. The van der Waals surface area contributed by atoms with Gasteiger partial charge in [0, 0.05) is 12.2 Å². The van der Waals surface area contributed by atoms with E-state index in [9.17, 15) is 4.57 Å². The van der Waals surface area contributed by atoms with E-state index < -0.39 is 7.60 Å². The van der Waals surface area contributed by atoms with Gasteiger partial charge in [-0.25, -0.2) is 0 Å². The van der Waals surface area contributed by atoms with Crippen LogP contribution in [0.15, 0.2) is 30.3 Å². The smallest absolute Gasteiger partial charge is 0.344 e. The van der Waals surface area contributed by atoms with Gasteiger partial charge in [-0.15, -0.1) is 0 Å². The second-order valence-corrected chi connectivity index (χ2v) is 4.61. The first-order valence-electron chi connectivity index (χ1n) is 4.37. The van der Waals surface area contributed by atoms with Crippen LogP contribution >= 0.6 is 7.60 Å². The van der Waals surface area contributed by atoms with E-state index in [0.29, 0.717) is 6.54 Å². The second-order valence-electron chi connectivity index (χ2n) is 3.00. The summed E-state index contributed by atoms with van der Waals surface area (Å²) < 4.78 is 10.8. The summed E-state index contributed by atoms with van der Waals surface area (Å²) in [5, 5.41) is 0. The highest BCUT2D eigenvalue weighted by atomic mass is 31.2. The SMILES string of the molecule is CCN(CP(=O)(O)O)c1ccccc1. The van der Waals surface area contributed by atoms with Crippen LogP contribution in [0.25, 0.3) is 0 Å². The first-order chi connectivity index (χ1) is 6.53. The van der Waals surface area contributed by atoms with E-state index >= 15 is 0 Å². The van der Waals surface area contributed by atoms with E-state index in [1.54, 1.807) is 4.90 Å². The Morgan fingerprint density at radius 3 is 2.29 bits per heavy atom. The maximum Gasteiger partial charge on any atom is 0.344 e. The molecule has 0 saturated heterocycles. The number of rotatable bonds is 4. The fraction of sp³-hybridized carbons (Fsp3) is 0.333. The Morgan fingerprint density at radius 1 is 1.29 bits per heavy atom. The van der Waals surface area contributed by atoms with Gasteiger partial charge in [-0.05, 0) is 19.1 Å². The van der Waals surface area contributed by atoms with E-state index in [1.165, 1.54) is 0 Å². The molecule has 0 heterocycles. The lowest BCUT2D eigenvalue weighted by atomic mass is 10.3. The molecule has 0 fully saturated rings. The van der Waals surface area contributed by atoms with Gasteiger partial charge in [0.05, 0.1) is 0 Å². The predicted octanol–water partition coefficient (Wildman–Crippen LogP) is 1.65. The molecular formula is C9H14NO3P. The van der Waals surface area contributed by atoms with Gasteiger partial charge in [0.1, 0.15) is 6.29 Å². The molecule has 0 bridgehead atoms. The standard InChI is InChI=1S/C9H14NO3P/c1-2-10(8-14(11,12)13)9-6-4-3-5-7-9/h3-7H,2,8H2,1H3,(H2,11,12,13). The molecule has 4 nitrogen and oxygen atoms in total. The van der Waals surface area contributed by atoms with Crippen LogP contribution in [0.1, 0.15) is 6.92 Å². The number of hydrogen-bond donors (Lipinski definition) is 2. The summed E-state index contributed by atoms with van der Waals surface area (Å²) in [5.41, 5.74) is 0.832. The summed E-state index contributed by atoms with van der Waals surface area (Å²) >= 11 is 0. The van der Waals surface area contributed by atoms with Crippen LogP contribution in [0.2, 0.25) is 0 Å². The van der Waals surface area contributed by atoms with Gasteiger partial charge >= 0.3 is 7.60 Å². The van der Waals surface area contributed by atoms with E-state index in [0.717, 1.165) is 5.69 Å². The number of nitrogens with zero attached hydrogens (tertiary/aromatic N) is 1. The third-order valence-electron chi connectivity index (χ3n) is 1.86. The summed E-state index contributed by atoms with van der Waals surface area (Å²) in [4.78, 5) is 19.4. The molecule has 78 valence electrons. The molecule has 0 aromatic heterocycles. The van der Waals surface area contributed by atoms with Crippen LogP contribution < -0.4 is 4.90 Å². The first kappa shape index (κ1) is 11.2. The van der Waals surface area contributed by atoms with Crippen LogP contribution in [0.5, 0.6) is 0 Å². The number of para-hydroxylation sites is 1. The topological polar surface area (TPSA) is 60.8 Å². The minimum Gasteiger partial charge on any atom is -0.360 e. The predicted molar refractivity (Wildman–Crippen MR) is 56.4 cm³/mol. The normalized spacial score (nSPS) is 11.4. The van der Waals surface area contributed by atoms with Crippen molar-refractivity contribution >= 4 is 13.3 Å². The molecule has 0 aliphatic rings. The van der Waals surface area contributed by atoms with Crippen LogP contribution in [0.4, 0.5) is 5.69 Å². The average molecular weight is 215 g/mol. The molecule has 1 aromatic carbocycles. The van der Waals surface area contributed by atoms with Crippen molar-refractivity contribution in [3.63, 3.8) is 0 Å². The highest BCUT2D eigenvalue weighted by Gasteiger charge is 2.17. The van der Waals surface area contributed by atoms with Crippen LogP contribution in [-0.4, -0.2) is 22.6 Å². The second kappa shape index (κ2) is 4.60. The highest BCUT2D eigenvalue weighted by molar-refractivity contribution is 7.51. The quantitative estimate of drug-likeness (QED) is 0.749. The number of hydrogen-bond acceptors (Lipinski definition) is 2. The van der Waals surface area contributed by atoms with Crippen molar-refractivity contribution in [1.29, 1.82) is 0 Å². The van der Waals surface area contributed by atoms with Crippen molar-refractivity contribution < 1.29 is 14.4 Å². The monoisotopic (exact) mass is 215 g/mol. The Labute approximate surface area is 83.3 Å². The first-order valence-corrected chi connectivity index (χ1v) is 6.17. The third kappa shape index (κ3) is 3.50. The lowest BCUT2D eigenvalue weighted by Crippen LogP contribution is -2.23. The van der Waals surface area contributed by atoms with Crippen molar-refractivity contribution in [2.24, 2.45) is 0 Å². The van der Waals surface area contributed by atoms with Gasteiger partial charge in [0.25, 0.3) is 0 Å². The number of anilines is 1. The van der Waals surface area contributed by atoms with Crippen LogP contribution in [-0.2, 0) is 4.57 Å². The van der Waals surface area contributed by atoms with E-state index in [2.05, 4.69) is 0 Å². The molecular weight excluding hydrogens is 201 g/mol. The maximum atomic E-state index is 10.8. The molecule has 0 aliphatic heterocycles. The molecule has 1 rings (SSSR count). The zero-order chi connectivity index (χ0) is 10.6. The van der Waals surface area contributed by atoms with E-state index in [-0.39, 0.29) is 6.29 Å². The zero-order valence-corrected chi connectivity index (χ0v) is 8.89. The molecule has 0 atom stereocenters. The minimum atomic E-state index is -3.98. The minimum absolute atomic E-state index is 0.229. The summed E-state index contributed by atoms with van der Waals surface area (Å²) in [6, 6.07) is 9.22. The molecule has 0 radical (unpaired) electrons. The van der Waals surface area contributed by atoms with E-state index in [4.69, 9.17) is 9.79 Å². The Morgan fingerprint density at radius 2 is 1.86 bits per heavy atom. The van der Waals surface area contributed by atoms with Crippen molar-refractivity contribution in [2.45, 2.75) is 6.92 Å². The fourth-order valence-electron chi connectivity index (χ4n) is 1.23. The molecule has 1 aromatic rings. The van der Waals surface area contributed by atoms with Crippen LogP contribution in [0.3, 0.4) is 0 Å². The lowest BCUT2D eigenvalue weighted by molar-refractivity contribution is 0.372. The maximum absolute atomic E-state index is 10.8. The molecule has 5 heteroatoms. The molecule has 0 unspecified atom stereocenters. The van der Waals surface area contributed by atoms with Crippen LogP contribution in [0, 0.1) is 0 Å². The van der Waals surface area contributed by atoms with Crippen molar-refractivity contribution in [3.8, 4) is 0 Å². The Balaban J connectivity index is 2.78. The summed E-state index contributed by atoms with van der Waals surface area (Å²) in [6.45, 7) is 2.44. The van der Waals surface area contributed by atoms with Gasteiger partial charge in [-0.1, -0.05) is 18.2 Å². The summed E-state index contributed by atoms with van der Waals surface area (Å²) in [6.07, 6.45) is -0.229. The molecule has 2 N–H and O–H groups in total. The molecule has 0 aliphatic carbocycles. The largest absolute Gasteiger partial charge is 0.360 e. The van der Waals surface area contributed by atoms with Gasteiger partial charge in [0.15, 0.2) is 0 Å². The molecule has 14 heavy (non-hydrogen) atoms. The lowest BCUT2D eigenvalue weighted by Gasteiger charge is -2.23. The summed E-state index contributed by atoms with van der Waals surface area (Å²) in [5.74, 6) is 0. The van der Waals surface area contributed by atoms with Crippen molar-refractivity contribution in [3.05, 3.63) is 30.3 Å². The van der Waals surface area contributed by atoms with Gasteiger partial charge in [-0.3, -0.25) is 4.57 Å². The molecule has 0 spiro atoms.